The van der Waals surface area contributed by atoms with Crippen molar-refractivity contribution in [3.05, 3.63) is 29.8 Å². The van der Waals surface area contributed by atoms with E-state index in [2.05, 4.69) is 9.78 Å². The van der Waals surface area contributed by atoms with Gasteiger partial charge in [-0.3, -0.25) is 4.89 Å². The van der Waals surface area contributed by atoms with Crippen molar-refractivity contribution in [1.82, 2.24) is 0 Å². The average Bonchev–Trinajstić information content (AvgIpc) is 2.06. The van der Waals surface area contributed by atoms with E-state index in [4.69, 9.17) is 5.11 Å². The zero-order valence-corrected chi connectivity index (χ0v) is 6.06. The fraction of sp³-hybridized carbons (Fsp3) is 0.125. The molecule has 1 fully saturated rings. The Balaban J connectivity index is 2.23. The summed E-state index contributed by atoms with van der Waals surface area (Å²) in [4.78, 5) is 19.4. The SMILES string of the molecule is O=C1OOC1c1ccc(O)cc1. The van der Waals surface area contributed by atoms with Crippen LogP contribution in [0.5, 0.6) is 5.75 Å². The van der Waals surface area contributed by atoms with E-state index in [1.165, 1.54) is 12.1 Å². The van der Waals surface area contributed by atoms with Gasteiger partial charge in [-0.1, -0.05) is 12.1 Å². The maximum atomic E-state index is 10.7. The van der Waals surface area contributed by atoms with Crippen molar-refractivity contribution in [3.8, 4) is 5.75 Å². The van der Waals surface area contributed by atoms with Crippen LogP contribution in [0.4, 0.5) is 0 Å². The van der Waals surface area contributed by atoms with Gasteiger partial charge in [-0.15, -0.1) is 0 Å². The van der Waals surface area contributed by atoms with Crippen LogP contribution in [0.15, 0.2) is 24.3 Å². The largest absolute Gasteiger partial charge is 0.508 e. The van der Waals surface area contributed by atoms with Crippen LogP contribution < -0.4 is 0 Å². The molecule has 1 aliphatic heterocycles. The molecular formula is C8H6O4. The van der Waals surface area contributed by atoms with Gasteiger partial charge in [0.05, 0.1) is 0 Å². The van der Waals surface area contributed by atoms with Gasteiger partial charge in [-0.25, -0.2) is 4.79 Å². The van der Waals surface area contributed by atoms with E-state index in [1.807, 2.05) is 0 Å². The van der Waals surface area contributed by atoms with Gasteiger partial charge in [0, 0.05) is 0 Å². The van der Waals surface area contributed by atoms with Gasteiger partial charge in [0.1, 0.15) is 5.75 Å². The molecule has 1 atom stereocenters. The molecule has 0 bridgehead atoms. The van der Waals surface area contributed by atoms with Crippen LogP contribution in [0.2, 0.25) is 0 Å². The van der Waals surface area contributed by atoms with Crippen molar-refractivity contribution in [2.45, 2.75) is 6.10 Å². The average molecular weight is 166 g/mol. The second kappa shape index (κ2) is 2.49. The third kappa shape index (κ3) is 1.02. The fourth-order valence-electron chi connectivity index (χ4n) is 0.976. The number of phenols is 1. The Kier molecular flexibility index (Phi) is 1.48. The van der Waals surface area contributed by atoms with Gasteiger partial charge in [0.15, 0.2) is 0 Å². The van der Waals surface area contributed by atoms with Crippen molar-refractivity contribution in [2.75, 3.05) is 0 Å². The summed E-state index contributed by atoms with van der Waals surface area (Å²) >= 11 is 0. The highest BCUT2D eigenvalue weighted by molar-refractivity contribution is 5.78. The first-order chi connectivity index (χ1) is 5.77. The van der Waals surface area contributed by atoms with Crippen LogP contribution in [0.3, 0.4) is 0 Å². The highest BCUT2D eigenvalue weighted by atomic mass is 17.3. The normalized spacial score (nSPS) is 21.3. The van der Waals surface area contributed by atoms with Crippen LogP contribution in [-0.2, 0) is 14.6 Å². The van der Waals surface area contributed by atoms with Crippen molar-refractivity contribution in [3.63, 3.8) is 0 Å². The number of carbonyl (C=O) groups excluding carboxylic acids is 1. The first kappa shape index (κ1) is 7.12. The van der Waals surface area contributed by atoms with E-state index in [1.54, 1.807) is 12.1 Å². The van der Waals surface area contributed by atoms with Crippen LogP contribution in [0.1, 0.15) is 11.7 Å². The molecule has 0 amide bonds. The summed E-state index contributed by atoms with van der Waals surface area (Å²) in [6.45, 7) is 0. The minimum atomic E-state index is -0.620. The molecule has 1 unspecified atom stereocenters. The van der Waals surface area contributed by atoms with Crippen molar-refractivity contribution < 1.29 is 19.7 Å². The third-order valence-corrected chi connectivity index (χ3v) is 1.64. The highest BCUT2D eigenvalue weighted by Gasteiger charge is 2.35. The zero-order valence-electron chi connectivity index (χ0n) is 6.06. The predicted molar refractivity (Wildman–Crippen MR) is 38.0 cm³/mol. The van der Waals surface area contributed by atoms with E-state index < -0.39 is 12.1 Å². The van der Waals surface area contributed by atoms with Crippen LogP contribution in [0.25, 0.3) is 0 Å². The second-order valence-corrected chi connectivity index (χ2v) is 2.47. The second-order valence-electron chi connectivity index (χ2n) is 2.47. The molecule has 0 saturated carbocycles. The van der Waals surface area contributed by atoms with E-state index in [0.29, 0.717) is 5.56 Å². The third-order valence-electron chi connectivity index (χ3n) is 1.64. The molecule has 1 aromatic carbocycles. The summed E-state index contributed by atoms with van der Waals surface area (Å²) in [5, 5.41) is 8.94. The molecule has 4 nitrogen and oxygen atoms in total. The molecule has 1 aliphatic rings. The lowest BCUT2D eigenvalue weighted by Crippen LogP contribution is -2.29. The molecule has 1 heterocycles. The number of hydrogen-bond acceptors (Lipinski definition) is 4. The number of benzene rings is 1. The van der Waals surface area contributed by atoms with Crippen molar-refractivity contribution in [1.29, 1.82) is 0 Å². The van der Waals surface area contributed by atoms with Gasteiger partial charge in [-0.05, 0) is 17.7 Å². The number of carbonyl (C=O) groups is 1. The van der Waals surface area contributed by atoms with Crippen molar-refractivity contribution in [2.24, 2.45) is 0 Å². The number of hydrogen-bond donors (Lipinski definition) is 1. The molecule has 2 rings (SSSR count). The number of aromatic hydroxyl groups is 1. The predicted octanol–water partition coefficient (Wildman–Crippen LogP) is 0.922. The summed E-state index contributed by atoms with van der Waals surface area (Å²) in [5.41, 5.74) is 0.684. The number of phenolic OH excluding ortho intramolecular Hbond substituents is 1. The van der Waals surface area contributed by atoms with Crippen LogP contribution in [0, 0.1) is 0 Å². The lowest BCUT2D eigenvalue weighted by atomic mass is 10.1. The fourth-order valence-corrected chi connectivity index (χ4v) is 0.976. The van der Waals surface area contributed by atoms with Crippen LogP contribution in [-0.4, -0.2) is 11.1 Å². The van der Waals surface area contributed by atoms with E-state index in [0.717, 1.165) is 0 Å². The minimum Gasteiger partial charge on any atom is -0.508 e. The molecule has 12 heavy (non-hydrogen) atoms. The quantitative estimate of drug-likeness (QED) is 0.630. The molecule has 0 aliphatic carbocycles. The summed E-state index contributed by atoms with van der Waals surface area (Å²) in [5.74, 6) is -0.243. The molecule has 0 radical (unpaired) electrons. The minimum absolute atomic E-state index is 0.159. The summed E-state index contributed by atoms with van der Waals surface area (Å²) in [6.07, 6.45) is -0.620. The Morgan fingerprint density at radius 1 is 1.25 bits per heavy atom. The van der Waals surface area contributed by atoms with Gasteiger partial charge in [-0.2, -0.15) is 4.89 Å². The Morgan fingerprint density at radius 2 is 1.92 bits per heavy atom. The molecule has 0 aromatic heterocycles. The lowest BCUT2D eigenvalue weighted by molar-refractivity contribution is -0.365. The maximum absolute atomic E-state index is 10.7. The standard InChI is InChI=1S/C8H6O4/c9-6-3-1-5(2-4-6)7-8(10)12-11-7/h1-4,7,9H. The van der Waals surface area contributed by atoms with Crippen molar-refractivity contribution >= 4 is 5.97 Å². The zero-order chi connectivity index (χ0) is 8.55. The summed E-state index contributed by atoms with van der Waals surface area (Å²) in [7, 11) is 0. The summed E-state index contributed by atoms with van der Waals surface area (Å²) < 4.78 is 0. The van der Waals surface area contributed by atoms with Gasteiger partial charge in [0.25, 0.3) is 0 Å². The van der Waals surface area contributed by atoms with Gasteiger partial charge >= 0.3 is 5.97 Å². The first-order valence-electron chi connectivity index (χ1n) is 3.43. The molecule has 1 saturated heterocycles. The molecule has 4 heteroatoms. The smallest absolute Gasteiger partial charge is 0.379 e. The Bertz CT molecular complexity index is 303. The first-order valence-corrected chi connectivity index (χ1v) is 3.43. The molecule has 1 N–H and O–H groups in total. The molecule has 62 valence electrons. The Labute approximate surface area is 68.3 Å². The molecule has 0 spiro atoms. The Hall–Kier alpha value is -1.55. The topological polar surface area (TPSA) is 55.8 Å². The van der Waals surface area contributed by atoms with Gasteiger partial charge < -0.3 is 5.11 Å². The Morgan fingerprint density at radius 3 is 2.33 bits per heavy atom. The maximum Gasteiger partial charge on any atom is 0.379 e. The molecular weight excluding hydrogens is 160 g/mol. The van der Waals surface area contributed by atoms with Crippen LogP contribution >= 0.6 is 0 Å². The monoisotopic (exact) mass is 166 g/mol. The van der Waals surface area contributed by atoms with E-state index in [9.17, 15) is 4.79 Å². The van der Waals surface area contributed by atoms with E-state index >= 15 is 0 Å². The summed E-state index contributed by atoms with van der Waals surface area (Å²) in [6, 6.07) is 6.20. The number of rotatable bonds is 1. The van der Waals surface area contributed by atoms with E-state index in [-0.39, 0.29) is 5.75 Å². The molecule has 1 aromatic rings. The lowest BCUT2D eigenvalue weighted by Gasteiger charge is -2.21. The highest BCUT2D eigenvalue weighted by Crippen LogP contribution is 2.27. The van der Waals surface area contributed by atoms with Gasteiger partial charge in [0.2, 0.25) is 6.10 Å².